The number of ether oxygens (including phenoxy) is 1. The van der Waals surface area contributed by atoms with E-state index < -0.39 is 11.5 Å². The molecule has 0 saturated heterocycles. The fourth-order valence-corrected chi connectivity index (χ4v) is 3.16. The lowest BCUT2D eigenvalue weighted by atomic mass is 9.88. The Morgan fingerprint density at radius 3 is 2.96 bits per heavy atom. The zero-order valence-corrected chi connectivity index (χ0v) is 16.3. The summed E-state index contributed by atoms with van der Waals surface area (Å²) in [6, 6.07) is 0. The van der Waals surface area contributed by atoms with Gasteiger partial charge in [-0.1, -0.05) is 6.42 Å². The Morgan fingerprint density at radius 2 is 2.25 bits per heavy atom. The molecule has 9 heteroatoms. The van der Waals surface area contributed by atoms with Crippen LogP contribution in [0.1, 0.15) is 45.2 Å². The first kappa shape index (κ1) is 20.0. The third kappa shape index (κ3) is 4.57. The maximum atomic E-state index is 14.0. The van der Waals surface area contributed by atoms with E-state index in [1.54, 1.807) is 31.6 Å². The van der Waals surface area contributed by atoms with Crippen molar-refractivity contribution in [3.63, 3.8) is 0 Å². The molecule has 2 aromatic heterocycles. The summed E-state index contributed by atoms with van der Waals surface area (Å²) in [6.45, 7) is 12.9. The number of nitrogens with one attached hydrogen (secondary N) is 1. The number of nitrogens with zero attached hydrogens (tertiary/aromatic N) is 5. The highest BCUT2D eigenvalue weighted by Crippen LogP contribution is 2.27. The molecular weight excluding hydrogens is 363 g/mol. The molecule has 0 aromatic carbocycles. The molecule has 2 N–H and O–H groups in total. The molecule has 0 bridgehead atoms. The van der Waals surface area contributed by atoms with Gasteiger partial charge in [0.05, 0.1) is 36.5 Å². The lowest BCUT2D eigenvalue weighted by molar-refractivity contribution is 0.0790. The molecule has 1 aliphatic rings. The standard InChI is InChI=1S/C19H25FN6O2/c1-12-16(10-26(25-12)19(2,3)21-4)23-18-22-9-15(20)17(24-18)28-11-13-6-5-7-14(27)8-13/h9-10,13-14,27H,5-8,11H2,1-3H3,(H,22,23,24)/t13-,14-/m1/s1. The van der Waals surface area contributed by atoms with Gasteiger partial charge in [0.1, 0.15) is 0 Å². The van der Waals surface area contributed by atoms with Gasteiger partial charge in [-0.2, -0.15) is 19.2 Å². The van der Waals surface area contributed by atoms with Crippen molar-refractivity contribution in [2.45, 2.75) is 58.2 Å². The van der Waals surface area contributed by atoms with Crippen LogP contribution in [0.3, 0.4) is 0 Å². The van der Waals surface area contributed by atoms with E-state index in [1.807, 2.05) is 0 Å². The number of aryl methyl sites for hydroxylation is 1. The van der Waals surface area contributed by atoms with Crippen LogP contribution < -0.4 is 10.1 Å². The van der Waals surface area contributed by atoms with E-state index in [0.717, 1.165) is 25.5 Å². The molecule has 2 heterocycles. The van der Waals surface area contributed by atoms with E-state index in [1.165, 1.54) is 0 Å². The summed E-state index contributed by atoms with van der Waals surface area (Å²) in [7, 11) is 0. The van der Waals surface area contributed by atoms with E-state index in [2.05, 4.69) is 25.2 Å². The van der Waals surface area contributed by atoms with E-state index in [0.29, 0.717) is 24.4 Å². The number of rotatable bonds is 6. The minimum absolute atomic E-state index is 0.121. The van der Waals surface area contributed by atoms with E-state index in [-0.39, 0.29) is 23.9 Å². The van der Waals surface area contributed by atoms with Crippen LogP contribution in [0, 0.1) is 25.2 Å². The molecule has 28 heavy (non-hydrogen) atoms. The van der Waals surface area contributed by atoms with Crippen LogP contribution in [-0.4, -0.2) is 37.6 Å². The van der Waals surface area contributed by atoms with Gasteiger partial charge in [-0.3, -0.25) is 4.85 Å². The van der Waals surface area contributed by atoms with E-state index in [4.69, 9.17) is 11.3 Å². The minimum atomic E-state index is -0.812. The van der Waals surface area contributed by atoms with E-state index >= 15 is 0 Å². The topological polar surface area (TPSA) is 89.5 Å². The summed E-state index contributed by atoms with van der Waals surface area (Å²) in [5.74, 6) is -0.387. The largest absolute Gasteiger partial charge is 0.475 e. The monoisotopic (exact) mass is 388 g/mol. The van der Waals surface area contributed by atoms with Crippen LogP contribution >= 0.6 is 0 Å². The average molecular weight is 388 g/mol. The summed E-state index contributed by atoms with van der Waals surface area (Å²) in [6.07, 6.45) is 5.81. The molecule has 1 fully saturated rings. The fraction of sp³-hybridized carbons (Fsp3) is 0.579. The SMILES string of the molecule is [C-]#[N+]C(C)(C)n1cc(Nc2ncc(F)c(OC[C@@H]3CCC[C@@H](O)C3)n2)c(C)n1. The molecule has 0 radical (unpaired) electrons. The highest BCUT2D eigenvalue weighted by molar-refractivity contribution is 5.55. The Labute approximate surface area is 163 Å². The first-order chi connectivity index (χ1) is 13.3. The molecular formula is C19H25FN6O2. The highest BCUT2D eigenvalue weighted by atomic mass is 19.1. The quantitative estimate of drug-likeness (QED) is 0.737. The second kappa shape index (κ2) is 8.10. The number of halogens is 1. The van der Waals surface area contributed by atoms with Crippen LogP contribution in [-0.2, 0) is 5.66 Å². The maximum absolute atomic E-state index is 14.0. The number of hydrogen-bond donors (Lipinski definition) is 2. The Hall–Kier alpha value is -2.73. The van der Waals surface area contributed by atoms with Gasteiger partial charge in [0.25, 0.3) is 5.88 Å². The van der Waals surface area contributed by atoms with Gasteiger partial charge in [0.15, 0.2) is 0 Å². The van der Waals surface area contributed by atoms with Crippen molar-refractivity contribution in [1.29, 1.82) is 0 Å². The van der Waals surface area contributed by atoms with Crippen molar-refractivity contribution < 1.29 is 14.2 Å². The summed E-state index contributed by atoms with van der Waals surface area (Å²) >= 11 is 0. The second-order valence-corrected chi connectivity index (χ2v) is 7.65. The summed E-state index contributed by atoms with van der Waals surface area (Å²) in [4.78, 5) is 11.6. The average Bonchev–Trinajstić information content (AvgIpc) is 3.03. The smallest absolute Gasteiger partial charge is 0.319 e. The van der Waals surface area contributed by atoms with Gasteiger partial charge in [0.2, 0.25) is 11.8 Å². The van der Waals surface area contributed by atoms with Gasteiger partial charge >= 0.3 is 5.66 Å². The van der Waals surface area contributed by atoms with Crippen molar-refractivity contribution in [3.8, 4) is 5.88 Å². The number of hydrogen-bond acceptors (Lipinski definition) is 6. The Morgan fingerprint density at radius 1 is 1.46 bits per heavy atom. The van der Waals surface area contributed by atoms with Crippen LogP contribution in [0.4, 0.5) is 16.0 Å². The van der Waals surface area contributed by atoms with Gasteiger partial charge < -0.3 is 15.2 Å². The summed E-state index contributed by atoms with van der Waals surface area (Å²) in [5, 5.41) is 17.1. The second-order valence-electron chi connectivity index (χ2n) is 7.65. The third-order valence-electron chi connectivity index (χ3n) is 4.90. The first-order valence-corrected chi connectivity index (χ1v) is 9.34. The molecule has 2 atom stereocenters. The molecule has 0 amide bonds. The Balaban J connectivity index is 1.70. The first-order valence-electron chi connectivity index (χ1n) is 9.34. The molecule has 3 rings (SSSR count). The van der Waals surface area contributed by atoms with Crippen LogP contribution in [0.15, 0.2) is 12.4 Å². The number of aromatic nitrogens is 4. The number of aliphatic hydroxyl groups excluding tert-OH is 1. The molecule has 0 aliphatic heterocycles. The Kier molecular flexibility index (Phi) is 5.79. The van der Waals surface area contributed by atoms with Gasteiger partial charge in [-0.05, 0) is 32.1 Å². The van der Waals surface area contributed by atoms with Crippen molar-refractivity contribution >= 4 is 11.6 Å². The van der Waals surface area contributed by atoms with Crippen molar-refractivity contribution in [2.75, 3.05) is 11.9 Å². The third-order valence-corrected chi connectivity index (χ3v) is 4.90. The molecule has 8 nitrogen and oxygen atoms in total. The molecule has 150 valence electrons. The van der Waals surface area contributed by atoms with Crippen LogP contribution in [0.25, 0.3) is 4.85 Å². The van der Waals surface area contributed by atoms with Gasteiger partial charge in [-0.25, -0.2) is 11.6 Å². The zero-order chi connectivity index (χ0) is 20.3. The summed E-state index contributed by atoms with van der Waals surface area (Å²) in [5.41, 5.74) is 0.487. The molecule has 1 aliphatic carbocycles. The van der Waals surface area contributed by atoms with Crippen LogP contribution in [0.2, 0.25) is 0 Å². The van der Waals surface area contributed by atoms with Crippen molar-refractivity contribution in [1.82, 2.24) is 19.7 Å². The highest BCUT2D eigenvalue weighted by Gasteiger charge is 2.27. The molecule has 0 spiro atoms. The Bertz CT molecular complexity index is 876. The molecule has 0 unspecified atom stereocenters. The lowest BCUT2D eigenvalue weighted by Gasteiger charge is -2.25. The number of anilines is 2. The molecule has 2 aromatic rings. The van der Waals surface area contributed by atoms with Crippen molar-refractivity contribution in [2.24, 2.45) is 5.92 Å². The van der Waals surface area contributed by atoms with E-state index in [9.17, 15) is 9.50 Å². The predicted molar refractivity (Wildman–Crippen MR) is 102 cm³/mol. The minimum Gasteiger partial charge on any atom is -0.475 e. The van der Waals surface area contributed by atoms with Crippen molar-refractivity contribution in [3.05, 3.63) is 35.3 Å². The van der Waals surface area contributed by atoms with Crippen LogP contribution in [0.5, 0.6) is 5.88 Å². The predicted octanol–water partition coefficient (Wildman–Crippen LogP) is 3.41. The maximum Gasteiger partial charge on any atom is 0.319 e. The zero-order valence-electron chi connectivity index (χ0n) is 16.3. The van der Waals surface area contributed by atoms with Gasteiger partial charge in [-0.15, -0.1) is 0 Å². The lowest BCUT2D eigenvalue weighted by Crippen LogP contribution is -2.24. The van der Waals surface area contributed by atoms with Gasteiger partial charge in [0, 0.05) is 13.8 Å². The number of aliphatic hydroxyl groups is 1. The fourth-order valence-electron chi connectivity index (χ4n) is 3.16. The molecule has 1 saturated carbocycles. The normalized spacial score (nSPS) is 19.9. The summed E-state index contributed by atoms with van der Waals surface area (Å²) < 4.78 is 21.2.